The number of carbonyl (C=O) groups excluding carboxylic acids is 1. The number of benzene rings is 1. The molecule has 1 aliphatic carbocycles. The summed E-state index contributed by atoms with van der Waals surface area (Å²) in [4.78, 5) is 12.8. The summed E-state index contributed by atoms with van der Waals surface area (Å²) in [6.07, 6.45) is 8.54. The topological polar surface area (TPSA) is 26.3 Å². The number of hydrogen-bond acceptors (Lipinski definition) is 2. The van der Waals surface area contributed by atoms with Gasteiger partial charge in [0.15, 0.2) is 5.78 Å². The first-order chi connectivity index (χ1) is 9.72. The summed E-state index contributed by atoms with van der Waals surface area (Å²) in [6.45, 7) is 2.17. The van der Waals surface area contributed by atoms with Crippen LogP contribution in [0.3, 0.4) is 0 Å². The van der Waals surface area contributed by atoms with E-state index in [1.54, 1.807) is 7.11 Å². The molecular weight excluding hydrogens is 248 g/mol. The van der Waals surface area contributed by atoms with Gasteiger partial charge in [-0.1, -0.05) is 63.3 Å². The second-order valence-electron chi connectivity index (χ2n) is 5.89. The van der Waals surface area contributed by atoms with Crippen molar-refractivity contribution >= 4 is 5.78 Å². The summed E-state index contributed by atoms with van der Waals surface area (Å²) in [5.41, 5.74) is 1.52. The lowest BCUT2D eigenvalue weighted by molar-refractivity contribution is -0.00692. The van der Waals surface area contributed by atoms with E-state index in [1.807, 2.05) is 12.1 Å². The first kappa shape index (κ1) is 15.2. The summed E-state index contributed by atoms with van der Waals surface area (Å²) in [5, 5.41) is 0. The van der Waals surface area contributed by atoms with Gasteiger partial charge in [-0.15, -0.1) is 0 Å². The molecule has 0 aliphatic heterocycles. The Bertz CT molecular complexity index is 425. The molecule has 1 fully saturated rings. The van der Waals surface area contributed by atoms with Crippen molar-refractivity contribution in [2.24, 2.45) is 0 Å². The van der Waals surface area contributed by atoms with Crippen LogP contribution in [0.15, 0.2) is 24.3 Å². The van der Waals surface area contributed by atoms with Crippen LogP contribution in [0.4, 0.5) is 0 Å². The molecule has 0 saturated heterocycles. The highest BCUT2D eigenvalue weighted by molar-refractivity contribution is 6.02. The fourth-order valence-electron chi connectivity index (χ4n) is 3.20. The van der Waals surface area contributed by atoms with Gasteiger partial charge in [0.05, 0.1) is 0 Å². The number of ketones is 1. The Kier molecular flexibility index (Phi) is 5.36. The van der Waals surface area contributed by atoms with Gasteiger partial charge in [-0.25, -0.2) is 0 Å². The molecule has 2 rings (SSSR count). The first-order valence-corrected chi connectivity index (χ1v) is 7.91. The standard InChI is InChI=1S/C18H26O2/c1-3-8-15-9-11-16(12-10-15)17(19)18(20-2)13-6-4-5-7-14-18/h9-12H,3-8,13-14H2,1-2H3. The minimum absolute atomic E-state index is 0.171. The van der Waals surface area contributed by atoms with Crippen LogP contribution in [0.25, 0.3) is 0 Å². The van der Waals surface area contributed by atoms with E-state index in [0.717, 1.165) is 44.1 Å². The van der Waals surface area contributed by atoms with E-state index in [9.17, 15) is 4.79 Å². The van der Waals surface area contributed by atoms with Crippen molar-refractivity contribution in [3.8, 4) is 0 Å². The zero-order chi connectivity index (χ0) is 14.4. The van der Waals surface area contributed by atoms with Crippen molar-refractivity contribution in [3.63, 3.8) is 0 Å². The largest absolute Gasteiger partial charge is 0.370 e. The van der Waals surface area contributed by atoms with Crippen LogP contribution in [-0.2, 0) is 11.2 Å². The number of carbonyl (C=O) groups is 1. The maximum Gasteiger partial charge on any atom is 0.194 e. The summed E-state index contributed by atoms with van der Waals surface area (Å²) < 4.78 is 5.70. The Hall–Kier alpha value is -1.15. The average Bonchev–Trinajstić information content (AvgIpc) is 2.74. The average molecular weight is 274 g/mol. The van der Waals surface area contributed by atoms with Crippen molar-refractivity contribution in [2.45, 2.75) is 63.9 Å². The number of methoxy groups -OCH3 is 1. The van der Waals surface area contributed by atoms with Crippen LogP contribution in [0.2, 0.25) is 0 Å². The van der Waals surface area contributed by atoms with Crippen molar-refractivity contribution in [1.29, 1.82) is 0 Å². The van der Waals surface area contributed by atoms with Gasteiger partial charge in [-0.05, 0) is 24.8 Å². The second kappa shape index (κ2) is 7.03. The third-order valence-corrected chi connectivity index (χ3v) is 4.47. The lowest BCUT2D eigenvalue weighted by Crippen LogP contribution is -2.40. The Labute approximate surface area is 122 Å². The quantitative estimate of drug-likeness (QED) is 0.581. The van der Waals surface area contributed by atoms with Crippen LogP contribution in [0.1, 0.15) is 67.8 Å². The van der Waals surface area contributed by atoms with Crippen LogP contribution in [0, 0.1) is 0 Å². The molecule has 1 aromatic carbocycles. The molecule has 0 aromatic heterocycles. The molecule has 0 amide bonds. The van der Waals surface area contributed by atoms with Crippen molar-refractivity contribution in [1.82, 2.24) is 0 Å². The normalized spacial score (nSPS) is 18.5. The van der Waals surface area contributed by atoms with E-state index in [2.05, 4.69) is 19.1 Å². The van der Waals surface area contributed by atoms with Gasteiger partial charge in [-0.2, -0.15) is 0 Å². The van der Waals surface area contributed by atoms with E-state index < -0.39 is 5.60 Å². The molecule has 0 N–H and O–H groups in total. The molecule has 0 heterocycles. The second-order valence-corrected chi connectivity index (χ2v) is 5.89. The highest BCUT2D eigenvalue weighted by Crippen LogP contribution is 2.33. The van der Waals surface area contributed by atoms with Crippen LogP contribution in [0.5, 0.6) is 0 Å². The molecule has 0 radical (unpaired) electrons. The van der Waals surface area contributed by atoms with Crippen molar-refractivity contribution in [2.75, 3.05) is 7.11 Å². The van der Waals surface area contributed by atoms with E-state index in [-0.39, 0.29) is 5.78 Å². The molecule has 0 spiro atoms. The number of ether oxygens (including phenoxy) is 1. The summed E-state index contributed by atoms with van der Waals surface area (Å²) in [5.74, 6) is 0.171. The third-order valence-electron chi connectivity index (χ3n) is 4.47. The maximum atomic E-state index is 12.8. The van der Waals surface area contributed by atoms with E-state index >= 15 is 0 Å². The minimum atomic E-state index is -0.581. The summed E-state index contributed by atoms with van der Waals surface area (Å²) in [7, 11) is 1.69. The minimum Gasteiger partial charge on any atom is -0.370 e. The number of aryl methyl sites for hydroxylation is 1. The zero-order valence-corrected chi connectivity index (χ0v) is 12.8. The predicted molar refractivity (Wildman–Crippen MR) is 82.2 cm³/mol. The third kappa shape index (κ3) is 3.29. The molecule has 1 aromatic rings. The fraction of sp³-hybridized carbons (Fsp3) is 0.611. The predicted octanol–water partition coefficient (Wildman–Crippen LogP) is 4.56. The van der Waals surface area contributed by atoms with Crippen LogP contribution < -0.4 is 0 Å². The number of Topliss-reactive ketones (excluding diaryl/α,β-unsaturated/α-hetero) is 1. The smallest absolute Gasteiger partial charge is 0.194 e. The molecule has 0 bridgehead atoms. The van der Waals surface area contributed by atoms with Crippen molar-refractivity contribution in [3.05, 3.63) is 35.4 Å². The van der Waals surface area contributed by atoms with Gasteiger partial charge in [0.25, 0.3) is 0 Å². The Morgan fingerprint density at radius 1 is 1.10 bits per heavy atom. The zero-order valence-electron chi connectivity index (χ0n) is 12.8. The molecular formula is C18H26O2. The lowest BCUT2D eigenvalue weighted by Gasteiger charge is -2.29. The Balaban J connectivity index is 2.18. The van der Waals surface area contributed by atoms with Crippen molar-refractivity contribution < 1.29 is 9.53 Å². The molecule has 0 unspecified atom stereocenters. The van der Waals surface area contributed by atoms with Gasteiger partial charge in [0.2, 0.25) is 0 Å². The summed E-state index contributed by atoms with van der Waals surface area (Å²) >= 11 is 0. The highest BCUT2D eigenvalue weighted by atomic mass is 16.5. The van der Waals surface area contributed by atoms with Gasteiger partial charge < -0.3 is 4.74 Å². The highest BCUT2D eigenvalue weighted by Gasteiger charge is 2.38. The molecule has 1 aliphatic rings. The van der Waals surface area contributed by atoms with E-state index in [0.29, 0.717) is 0 Å². The summed E-state index contributed by atoms with van der Waals surface area (Å²) in [6, 6.07) is 8.10. The monoisotopic (exact) mass is 274 g/mol. The van der Waals surface area contributed by atoms with Crippen LogP contribution >= 0.6 is 0 Å². The fourth-order valence-corrected chi connectivity index (χ4v) is 3.20. The van der Waals surface area contributed by atoms with Crippen LogP contribution in [-0.4, -0.2) is 18.5 Å². The molecule has 0 atom stereocenters. The van der Waals surface area contributed by atoms with E-state index in [1.165, 1.54) is 18.4 Å². The van der Waals surface area contributed by atoms with Gasteiger partial charge in [0.1, 0.15) is 5.60 Å². The number of hydrogen-bond donors (Lipinski definition) is 0. The van der Waals surface area contributed by atoms with Gasteiger partial charge >= 0.3 is 0 Å². The molecule has 2 nitrogen and oxygen atoms in total. The number of rotatable bonds is 5. The Morgan fingerprint density at radius 2 is 1.70 bits per heavy atom. The lowest BCUT2D eigenvalue weighted by atomic mass is 9.85. The SMILES string of the molecule is CCCc1ccc(C(=O)C2(OC)CCCCCC2)cc1. The Morgan fingerprint density at radius 3 is 2.20 bits per heavy atom. The molecule has 110 valence electrons. The van der Waals surface area contributed by atoms with Gasteiger partial charge in [-0.3, -0.25) is 4.79 Å². The van der Waals surface area contributed by atoms with Gasteiger partial charge in [0, 0.05) is 12.7 Å². The van der Waals surface area contributed by atoms with E-state index in [4.69, 9.17) is 4.74 Å². The molecule has 2 heteroatoms. The maximum absolute atomic E-state index is 12.8. The first-order valence-electron chi connectivity index (χ1n) is 7.91. The molecule has 20 heavy (non-hydrogen) atoms. The molecule has 1 saturated carbocycles.